The molecule has 3 aromatic rings. The van der Waals surface area contributed by atoms with Crippen LogP contribution in [-0.2, 0) is 84.3 Å². The average Bonchev–Trinajstić information content (AvgIpc) is 1.61. The van der Waals surface area contributed by atoms with Crippen molar-refractivity contribution in [3.8, 4) is 11.4 Å². The van der Waals surface area contributed by atoms with Gasteiger partial charge >= 0.3 is 5.97 Å². The van der Waals surface area contributed by atoms with E-state index in [9.17, 15) is 73.5 Å². The molecule has 0 fully saturated rings. The van der Waals surface area contributed by atoms with Crippen molar-refractivity contribution >= 4 is 63.9 Å². The van der Waals surface area contributed by atoms with E-state index in [0.717, 1.165) is 10.5 Å². The summed E-state index contributed by atoms with van der Waals surface area (Å²) in [5, 5.41) is 71.1. The molecule has 1 aromatic carbocycles. The zero-order valence-electron chi connectivity index (χ0n) is 48.0. The number of amides is 6. The summed E-state index contributed by atoms with van der Waals surface area (Å²) in [5.74, 6) is -8.53. The number of benzene rings is 1. The molecule has 5 heterocycles. The van der Waals surface area contributed by atoms with Gasteiger partial charge in [0.2, 0.25) is 23.6 Å². The summed E-state index contributed by atoms with van der Waals surface area (Å²) in [6.45, 7) is 7.17. The van der Waals surface area contributed by atoms with Crippen molar-refractivity contribution in [3.05, 3.63) is 73.8 Å². The fraction of sp³-hybridized carbons (Fsp3) is 0.569. The number of imide groups is 1. The molecule has 2 aromatic heterocycles. The number of aliphatic hydroxyl groups excluding tert-OH is 5. The summed E-state index contributed by atoms with van der Waals surface area (Å²) >= 11 is 0. The Bertz CT molecular complexity index is 3110. The van der Waals surface area contributed by atoms with E-state index in [2.05, 4.69) is 21.3 Å². The molecule has 3 aliphatic heterocycles. The third-order valence-electron chi connectivity index (χ3n) is 15.7. The highest BCUT2D eigenvalue weighted by Gasteiger charge is 2.46. The van der Waals surface area contributed by atoms with Gasteiger partial charge in [0.05, 0.1) is 47.8 Å². The van der Waals surface area contributed by atoms with Gasteiger partial charge in [-0.2, -0.15) is 0 Å². The van der Waals surface area contributed by atoms with E-state index in [1.807, 2.05) is 6.92 Å². The molecular weight excluding hydrogens is 1100 g/mol. The standard InChI is InChI=1S/C58H76FN7O18/c1-7-34-36-24-66-41(20-38-37(56(66)80)26-84-57(81)58(38,82)8-2)51(36)63-40-21-39(59)31(6)35(49(34)40)22-60-46(73)27-83-28-62-54(78)30(5)18-42(69)50(29(3)4)64-55(79)32(13-14-45(72)61-23-43(70)52(76)53(77)44(71)25-67)19-33(68)12-10-9-11-17-65-47(74)15-16-48(65)75/h15-16,20-21,29-30,32,43-44,50,52-53,67,70-71,76-77,82H,7-14,17-19,22-28H2,1-6H3,(H,60,73)(H,61,72)(H,62,78)(H,64,79)/t30-,32-,43+,44-,50+,52-,53-,58+/m1/s1. The summed E-state index contributed by atoms with van der Waals surface area (Å²) in [4.78, 5) is 136. The first-order valence-corrected chi connectivity index (χ1v) is 28.2. The number of carbonyl (C=O) groups is 9. The fourth-order valence-corrected chi connectivity index (χ4v) is 10.6. The highest BCUT2D eigenvalue weighted by atomic mass is 19.1. The maximum absolute atomic E-state index is 15.7. The minimum absolute atomic E-state index is 0.0164. The molecule has 0 bridgehead atoms. The van der Waals surface area contributed by atoms with E-state index < -0.39 is 139 Å². The number of unbranched alkanes of at least 4 members (excludes halogenated alkanes) is 2. The van der Waals surface area contributed by atoms with E-state index in [1.165, 1.54) is 29.7 Å². The number of aryl methyl sites for hydroxylation is 1. The molecule has 6 amide bonds. The van der Waals surface area contributed by atoms with Crippen molar-refractivity contribution in [3.63, 3.8) is 0 Å². The first kappa shape index (κ1) is 65.9. The zero-order chi connectivity index (χ0) is 61.9. The molecule has 3 aliphatic rings. The van der Waals surface area contributed by atoms with Gasteiger partial charge in [-0.1, -0.05) is 41.0 Å². The predicted molar refractivity (Wildman–Crippen MR) is 296 cm³/mol. The highest BCUT2D eigenvalue weighted by molar-refractivity contribution is 6.12. The van der Waals surface area contributed by atoms with E-state index in [4.69, 9.17) is 19.6 Å². The first-order chi connectivity index (χ1) is 39.8. The number of fused-ring (bicyclic) bond motifs is 5. The molecule has 0 saturated carbocycles. The maximum atomic E-state index is 15.7. The van der Waals surface area contributed by atoms with Crippen molar-refractivity contribution in [2.24, 2.45) is 17.8 Å². The zero-order valence-corrected chi connectivity index (χ0v) is 48.0. The van der Waals surface area contributed by atoms with Crippen LogP contribution in [0.25, 0.3) is 22.3 Å². The van der Waals surface area contributed by atoms with E-state index in [0.29, 0.717) is 53.6 Å². The molecule has 0 aliphatic carbocycles. The van der Waals surface area contributed by atoms with Gasteiger partial charge in [0.1, 0.15) is 49.9 Å². The Kier molecular flexibility index (Phi) is 22.8. The first-order valence-electron chi connectivity index (χ1n) is 28.2. The Morgan fingerprint density at radius 2 is 1.54 bits per heavy atom. The molecule has 10 N–H and O–H groups in total. The second-order valence-corrected chi connectivity index (χ2v) is 21.9. The lowest BCUT2D eigenvalue weighted by atomic mass is 9.86. The Balaban J connectivity index is 1.02. The van der Waals surface area contributed by atoms with Crippen LogP contribution in [-0.4, -0.2) is 162 Å². The number of hydrogen-bond donors (Lipinski definition) is 10. The van der Waals surface area contributed by atoms with Gasteiger partial charge in [-0.3, -0.25) is 48.1 Å². The molecule has 0 unspecified atom stereocenters. The van der Waals surface area contributed by atoms with Crippen LogP contribution in [0.4, 0.5) is 4.39 Å². The molecule has 25 nitrogen and oxygen atoms in total. The molecule has 458 valence electrons. The number of rotatable bonds is 32. The largest absolute Gasteiger partial charge is 0.458 e. The monoisotopic (exact) mass is 1180 g/mol. The minimum atomic E-state index is -2.04. The second kappa shape index (κ2) is 29.1. The molecule has 0 saturated heterocycles. The smallest absolute Gasteiger partial charge is 0.343 e. The molecular formula is C58H76FN7O18. The Morgan fingerprint density at radius 1 is 0.845 bits per heavy atom. The van der Waals surface area contributed by atoms with Gasteiger partial charge in [-0.15, -0.1) is 0 Å². The van der Waals surface area contributed by atoms with E-state index >= 15 is 4.39 Å². The Labute approximate surface area is 483 Å². The van der Waals surface area contributed by atoms with Gasteiger partial charge in [-0.05, 0) is 67.7 Å². The van der Waals surface area contributed by atoms with Crippen molar-refractivity contribution in [1.29, 1.82) is 0 Å². The number of aromatic nitrogens is 2. The van der Waals surface area contributed by atoms with Crippen LogP contribution >= 0.6 is 0 Å². The number of carbonyl (C=O) groups excluding carboxylic acids is 9. The molecule has 8 atom stereocenters. The van der Waals surface area contributed by atoms with Gasteiger partial charge in [0.15, 0.2) is 11.4 Å². The number of nitrogens with zero attached hydrogens (tertiary/aromatic N) is 3. The highest BCUT2D eigenvalue weighted by Crippen LogP contribution is 2.41. The lowest BCUT2D eigenvalue weighted by Gasteiger charge is -2.31. The third-order valence-corrected chi connectivity index (χ3v) is 15.7. The number of ketones is 2. The van der Waals surface area contributed by atoms with E-state index in [-0.39, 0.29) is 92.8 Å². The van der Waals surface area contributed by atoms with Gasteiger partial charge in [-0.25, -0.2) is 14.2 Å². The van der Waals surface area contributed by atoms with Gasteiger partial charge < -0.3 is 65.9 Å². The number of Topliss-reactive ketones (excluding diaryl/α,β-unsaturated/α-hetero) is 2. The summed E-state index contributed by atoms with van der Waals surface area (Å²) in [6, 6.07) is 1.70. The lowest BCUT2D eigenvalue weighted by molar-refractivity contribution is -0.172. The molecule has 6 rings (SSSR count). The van der Waals surface area contributed by atoms with Crippen LogP contribution in [0, 0.1) is 30.5 Å². The SMILES string of the molecule is CCc1c2c(nc3cc(F)c(C)c(CNC(=O)COCNC(=O)[C@H](C)CC(=O)[C@@H](NC(=O)[C@H](CCC(=O)NC[C@H](O)[C@@H](O)[C@H](O)[C@H](O)CO)CC(=O)CCCCCN4C(=O)C=CC4=O)C(C)C)c13)-c1cc3c(c(=O)n1C2)COC(=O)[C@]3(O)CC. The molecule has 0 spiro atoms. The molecule has 0 radical (unpaired) electrons. The van der Waals surface area contributed by atoms with Crippen molar-refractivity contribution in [1.82, 2.24) is 35.7 Å². The number of ether oxygens (including phenoxy) is 2. The van der Waals surface area contributed by atoms with Crippen molar-refractivity contribution in [2.45, 2.75) is 162 Å². The predicted octanol–water partition coefficient (Wildman–Crippen LogP) is -0.0748. The van der Waals surface area contributed by atoms with Crippen molar-refractivity contribution < 1.29 is 87.7 Å². The summed E-state index contributed by atoms with van der Waals surface area (Å²) < 4.78 is 27.8. The number of halogens is 1. The summed E-state index contributed by atoms with van der Waals surface area (Å²) in [5.41, 5.74) is 0.949. The number of hydrogen-bond acceptors (Lipinski definition) is 19. The Morgan fingerprint density at radius 3 is 2.19 bits per heavy atom. The summed E-state index contributed by atoms with van der Waals surface area (Å²) in [7, 11) is 0. The fourth-order valence-electron chi connectivity index (χ4n) is 10.6. The van der Waals surface area contributed by atoms with Gasteiger partial charge in [0, 0.05) is 91.9 Å². The normalized spacial score (nSPS) is 17.8. The lowest BCUT2D eigenvalue weighted by Crippen LogP contribution is -2.49. The number of cyclic esters (lactones) is 1. The maximum Gasteiger partial charge on any atom is 0.343 e. The van der Waals surface area contributed by atoms with Crippen LogP contribution in [0.5, 0.6) is 0 Å². The minimum Gasteiger partial charge on any atom is -0.458 e. The number of nitrogens with one attached hydrogen (secondary N) is 4. The topological polar surface area (TPSA) is 380 Å². The number of aliphatic hydroxyl groups is 6. The van der Waals surface area contributed by atoms with Crippen LogP contribution in [0.1, 0.15) is 126 Å². The molecule has 84 heavy (non-hydrogen) atoms. The van der Waals surface area contributed by atoms with Crippen LogP contribution in [0.2, 0.25) is 0 Å². The van der Waals surface area contributed by atoms with Crippen LogP contribution < -0.4 is 26.8 Å². The third kappa shape index (κ3) is 15.2. The van der Waals surface area contributed by atoms with Crippen LogP contribution in [0.3, 0.4) is 0 Å². The van der Waals surface area contributed by atoms with Gasteiger partial charge in [0.25, 0.3) is 17.4 Å². The van der Waals surface area contributed by atoms with E-state index in [1.54, 1.807) is 33.8 Å². The molecule has 26 heteroatoms. The van der Waals surface area contributed by atoms with Crippen molar-refractivity contribution in [2.75, 3.05) is 33.0 Å². The summed E-state index contributed by atoms with van der Waals surface area (Å²) in [6.07, 6.45) is -4.71. The number of pyridine rings is 2. The quantitative estimate of drug-likeness (QED) is 0.0132. The average molecular weight is 1180 g/mol. The van der Waals surface area contributed by atoms with Crippen LogP contribution in [0.15, 0.2) is 29.1 Å². The Hall–Kier alpha value is -7.20. The second-order valence-electron chi connectivity index (χ2n) is 21.9. The number of esters is 1.